The van der Waals surface area contributed by atoms with Crippen LogP contribution in [0.3, 0.4) is 0 Å². The van der Waals surface area contributed by atoms with Crippen molar-refractivity contribution in [3.8, 4) is 0 Å². The summed E-state index contributed by atoms with van der Waals surface area (Å²) in [5.74, 6) is -0.257. The molecule has 20 heavy (non-hydrogen) atoms. The average molecular weight is 321 g/mol. The standard InChI is InChI=1S/C11H14Cl2N4O3/c12-1-3-16(4-2-13)10-5-7(11(15)18)9(17(19)20)6-8(10)14/h5-6H,1-4,14H2,(H2,15,18). The Morgan fingerprint density at radius 1 is 1.30 bits per heavy atom. The Bertz CT molecular complexity index is 519. The number of rotatable bonds is 7. The number of anilines is 2. The van der Waals surface area contributed by atoms with Crippen molar-refractivity contribution in [3.05, 3.63) is 27.8 Å². The van der Waals surface area contributed by atoms with Crippen LogP contribution in [0, 0.1) is 10.1 Å². The molecule has 0 aromatic heterocycles. The highest BCUT2D eigenvalue weighted by Gasteiger charge is 2.22. The second kappa shape index (κ2) is 7.16. The lowest BCUT2D eigenvalue weighted by Gasteiger charge is -2.24. The number of nitrogens with two attached hydrogens (primary N) is 2. The number of benzene rings is 1. The predicted octanol–water partition coefficient (Wildman–Crippen LogP) is 1.56. The molecule has 0 aliphatic rings. The fraction of sp³-hybridized carbons (Fsp3) is 0.364. The fourth-order valence-electron chi connectivity index (χ4n) is 1.77. The van der Waals surface area contributed by atoms with Crippen molar-refractivity contribution in [2.45, 2.75) is 0 Å². The SMILES string of the molecule is NC(=O)c1cc(N(CCCl)CCCl)c(N)cc1[N+](=O)[O-]. The number of nitro groups is 1. The Labute approximate surface area is 125 Å². The van der Waals surface area contributed by atoms with Gasteiger partial charge in [0.2, 0.25) is 0 Å². The topological polar surface area (TPSA) is 115 Å². The highest BCUT2D eigenvalue weighted by molar-refractivity contribution is 6.18. The predicted molar refractivity (Wildman–Crippen MR) is 79.7 cm³/mol. The molecule has 110 valence electrons. The van der Waals surface area contributed by atoms with Crippen molar-refractivity contribution < 1.29 is 9.72 Å². The molecule has 0 spiro atoms. The van der Waals surface area contributed by atoms with Crippen LogP contribution in [0.5, 0.6) is 0 Å². The van der Waals surface area contributed by atoms with Gasteiger partial charge >= 0.3 is 0 Å². The normalized spacial score (nSPS) is 10.3. The van der Waals surface area contributed by atoms with Crippen molar-refractivity contribution in [1.82, 2.24) is 0 Å². The molecular formula is C11H14Cl2N4O3. The number of hydrogen-bond donors (Lipinski definition) is 2. The van der Waals surface area contributed by atoms with Gasteiger partial charge in [0, 0.05) is 30.9 Å². The lowest BCUT2D eigenvalue weighted by molar-refractivity contribution is -0.385. The summed E-state index contributed by atoms with van der Waals surface area (Å²) in [7, 11) is 0. The van der Waals surface area contributed by atoms with E-state index < -0.39 is 16.5 Å². The van der Waals surface area contributed by atoms with Gasteiger partial charge in [0.15, 0.2) is 0 Å². The second-order valence-corrected chi connectivity index (χ2v) is 4.67. The summed E-state index contributed by atoms with van der Waals surface area (Å²) in [6, 6.07) is 2.42. The van der Waals surface area contributed by atoms with Gasteiger partial charge in [-0.05, 0) is 6.07 Å². The van der Waals surface area contributed by atoms with Gasteiger partial charge in [0.05, 0.1) is 16.3 Å². The number of nitrogen functional groups attached to an aromatic ring is 1. The van der Waals surface area contributed by atoms with Crippen LogP contribution in [-0.2, 0) is 0 Å². The van der Waals surface area contributed by atoms with Gasteiger partial charge in [0.1, 0.15) is 5.56 Å². The first-order valence-corrected chi connectivity index (χ1v) is 6.73. The Kier molecular flexibility index (Phi) is 5.84. The third-order valence-corrected chi connectivity index (χ3v) is 2.99. The minimum absolute atomic E-state index is 0.164. The quantitative estimate of drug-likeness (QED) is 0.342. The van der Waals surface area contributed by atoms with E-state index in [0.29, 0.717) is 30.5 Å². The molecule has 0 saturated carbocycles. The Balaban J connectivity index is 3.36. The minimum atomic E-state index is -0.894. The number of nitrogens with zero attached hydrogens (tertiary/aromatic N) is 2. The number of nitro benzene ring substituents is 1. The molecular weight excluding hydrogens is 307 g/mol. The van der Waals surface area contributed by atoms with E-state index in [1.165, 1.54) is 6.07 Å². The molecule has 4 N–H and O–H groups in total. The van der Waals surface area contributed by atoms with Gasteiger partial charge in [-0.15, -0.1) is 23.2 Å². The average Bonchev–Trinajstić information content (AvgIpc) is 2.37. The summed E-state index contributed by atoms with van der Waals surface area (Å²) in [5, 5.41) is 10.9. The van der Waals surface area contributed by atoms with E-state index in [1.54, 1.807) is 4.90 Å². The minimum Gasteiger partial charge on any atom is -0.397 e. The highest BCUT2D eigenvalue weighted by Crippen LogP contribution is 2.31. The maximum absolute atomic E-state index is 11.3. The zero-order valence-electron chi connectivity index (χ0n) is 10.5. The fourth-order valence-corrected chi connectivity index (χ4v) is 2.18. The third-order valence-electron chi connectivity index (χ3n) is 2.66. The van der Waals surface area contributed by atoms with Crippen LogP contribution >= 0.6 is 23.2 Å². The van der Waals surface area contributed by atoms with E-state index in [0.717, 1.165) is 6.07 Å². The van der Waals surface area contributed by atoms with Gasteiger partial charge in [-0.3, -0.25) is 14.9 Å². The summed E-state index contributed by atoms with van der Waals surface area (Å²) in [6.07, 6.45) is 0. The van der Waals surface area contributed by atoms with Crippen molar-refractivity contribution in [1.29, 1.82) is 0 Å². The molecule has 0 saturated heterocycles. The van der Waals surface area contributed by atoms with Crippen LogP contribution in [0.15, 0.2) is 12.1 Å². The molecule has 1 amide bonds. The Hall–Kier alpha value is -1.73. The van der Waals surface area contributed by atoms with Crippen molar-refractivity contribution in [2.24, 2.45) is 5.73 Å². The van der Waals surface area contributed by atoms with Crippen molar-refractivity contribution in [2.75, 3.05) is 35.5 Å². The molecule has 9 heteroatoms. The van der Waals surface area contributed by atoms with E-state index in [9.17, 15) is 14.9 Å². The number of halogens is 2. The van der Waals surface area contributed by atoms with Crippen LogP contribution in [0.4, 0.5) is 17.1 Å². The maximum atomic E-state index is 11.3. The van der Waals surface area contributed by atoms with E-state index in [-0.39, 0.29) is 11.3 Å². The summed E-state index contributed by atoms with van der Waals surface area (Å²) in [5.41, 5.74) is 11.0. The van der Waals surface area contributed by atoms with Gasteiger partial charge in [0.25, 0.3) is 11.6 Å². The third kappa shape index (κ3) is 3.64. The molecule has 1 rings (SSSR count). The molecule has 0 unspecified atom stereocenters. The summed E-state index contributed by atoms with van der Waals surface area (Å²) < 4.78 is 0. The van der Waals surface area contributed by atoms with Gasteiger partial charge in [-0.2, -0.15) is 0 Å². The molecule has 0 aliphatic carbocycles. The van der Waals surface area contributed by atoms with Crippen LogP contribution in [-0.4, -0.2) is 35.7 Å². The smallest absolute Gasteiger partial charge is 0.284 e. The molecule has 0 radical (unpaired) electrons. The van der Waals surface area contributed by atoms with E-state index in [1.807, 2.05) is 0 Å². The van der Waals surface area contributed by atoms with E-state index >= 15 is 0 Å². The highest BCUT2D eigenvalue weighted by atomic mass is 35.5. The van der Waals surface area contributed by atoms with Gasteiger partial charge in [-0.25, -0.2) is 0 Å². The first kappa shape index (κ1) is 16.3. The first-order chi connectivity index (χ1) is 9.42. The molecule has 0 fully saturated rings. The number of hydrogen-bond acceptors (Lipinski definition) is 5. The molecule has 1 aromatic rings. The number of primary amides is 1. The zero-order chi connectivity index (χ0) is 15.3. The molecule has 0 aliphatic heterocycles. The lowest BCUT2D eigenvalue weighted by Crippen LogP contribution is -2.29. The van der Waals surface area contributed by atoms with E-state index in [2.05, 4.69) is 0 Å². The van der Waals surface area contributed by atoms with Crippen LogP contribution in [0.25, 0.3) is 0 Å². The Morgan fingerprint density at radius 3 is 2.25 bits per heavy atom. The Morgan fingerprint density at radius 2 is 1.85 bits per heavy atom. The number of alkyl halides is 2. The summed E-state index contributed by atoms with van der Waals surface area (Å²) in [4.78, 5) is 23.3. The first-order valence-electron chi connectivity index (χ1n) is 5.67. The molecule has 0 atom stereocenters. The number of amides is 1. The van der Waals surface area contributed by atoms with Crippen LogP contribution in [0.2, 0.25) is 0 Å². The molecule has 1 aromatic carbocycles. The van der Waals surface area contributed by atoms with Crippen molar-refractivity contribution in [3.63, 3.8) is 0 Å². The number of carbonyl (C=O) groups excluding carboxylic acids is 1. The zero-order valence-corrected chi connectivity index (χ0v) is 12.0. The molecule has 0 bridgehead atoms. The van der Waals surface area contributed by atoms with Crippen LogP contribution < -0.4 is 16.4 Å². The van der Waals surface area contributed by atoms with Crippen molar-refractivity contribution >= 4 is 46.2 Å². The maximum Gasteiger partial charge on any atom is 0.284 e. The van der Waals surface area contributed by atoms with Gasteiger partial charge in [-0.1, -0.05) is 0 Å². The summed E-state index contributed by atoms with van der Waals surface area (Å²) in [6.45, 7) is 0.878. The lowest BCUT2D eigenvalue weighted by atomic mass is 10.1. The summed E-state index contributed by atoms with van der Waals surface area (Å²) >= 11 is 11.4. The van der Waals surface area contributed by atoms with Gasteiger partial charge < -0.3 is 16.4 Å². The van der Waals surface area contributed by atoms with E-state index in [4.69, 9.17) is 34.7 Å². The molecule has 0 heterocycles. The number of carbonyl (C=O) groups is 1. The van der Waals surface area contributed by atoms with Crippen LogP contribution in [0.1, 0.15) is 10.4 Å². The molecule has 7 nitrogen and oxygen atoms in total. The monoisotopic (exact) mass is 320 g/mol. The second-order valence-electron chi connectivity index (χ2n) is 3.91. The largest absolute Gasteiger partial charge is 0.397 e.